The van der Waals surface area contributed by atoms with E-state index in [1.54, 1.807) is 0 Å². The van der Waals surface area contributed by atoms with Gasteiger partial charge >= 0.3 is 6.09 Å². The number of carbonyl (C=O) groups is 1. The fourth-order valence-corrected chi connectivity index (χ4v) is 5.10. The summed E-state index contributed by atoms with van der Waals surface area (Å²) in [6, 6.07) is 21.7. The van der Waals surface area contributed by atoms with E-state index in [-0.39, 0.29) is 24.3 Å². The fourth-order valence-electron chi connectivity index (χ4n) is 5.10. The van der Waals surface area contributed by atoms with Gasteiger partial charge in [0.25, 0.3) is 0 Å². The van der Waals surface area contributed by atoms with Gasteiger partial charge in [-0.25, -0.2) is 4.79 Å². The monoisotopic (exact) mass is 421 g/mol. The lowest BCUT2D eigenvalue weighted by molar-refractivity contribution is 0.0257. The Kier molecular flexibility index (Phi) is 7.25. The molecule has 0 radical (unpaired) electrons. The quantitative estimate of drug-likeness (QED) is 0.739. The highest BCUT2D eigenvalue weighted by Crippen LogP contribution is 2.35. The lowest BCUT2D eigenvalue weighted by Crippen LogP contribution is -2.52. The molecule has 2 aromatic rings. The molecule has 31 heavy (non-hydrogen) atoms. The van der Waals surface area contributed by atoms with Crippen molar-refractivity contribution < 1.29 is 9.53 Å². The van der Waals surface area contributed by atoms with Gasteiger partial charge in [-0.2, -0.15) is 0 Å². The topological polar surface area (TPSA) is 44.8 Å². The van der Waals surface area contributed by atoms with Crippen molar-refractivity contribution >= 4 is 6.09 Å². The van der Waals surface area contributed by atoms with Crippen LogP contribution < -0.4 is 5.32 Å². The zero-order chi connectivity index (χ0) is 21.6. The summed E-state index contributed by atoms with van der Waals surface area (Å²) < 4.78 is 5.84. The van der Waals surface area contributed by atoms with Crippen molar-refractivity contribution in [3.05, 3.63) is 71.8 Å². The molecule has 2 aromatic carbocycles. The standard InChI is InChI=1S/C26H35N3O2/c1-20-10-9-15-23(20)31-26(30)29-18-16-28(17-19-29)25(22-13-7-4-8-14-22)24(27-2)21-11-5-3-6-12-21/h3-8,11-14,20,23-25,27H,9-10,15-19H2,1-2H3. The number of nitrogens with one attached hydrogen (secondary N) is 1. The lowest BCUT2D eigenvalue weighted by Gasteiger charge is -2.42. The maximum absolute atomic E-state index is 12.7. The molecular weight excluding hydrogens is 386 g/mol. The first kappa shape index (κ1) is 21.8. The average molecular weight is 422 g/mol. The zero-order valence-electron chi connectivity index (χ0n) is 18.7. The largest absolute Gasteiger partial charge is 0.446 e. The van der Waals surface area contributed by atoms with Crippen LogP contribution in [-0.4, -0.2) is 55.2 Å². The highest BCUT2D eigenvalue weighted by Gasteiger charge is 2.34. The van der Waals surface area contributed by atoms with Crippen molar-refractivity contribution in [3.63, 3.8) is 0 Å². The minimum absolute atomic E-state index is 0.0920. The van der Waals surface area contributed by atoms with E-state index in [1.165, 1.54) is 11.1 Å². The first-order valence-electron chi connectivity index (χ1n) is 11.6. The van der Waals surface area contributed by atoms with Crippen LogP contribution in [0.15, 0.2) is 60.7 Å². The molecule has 4 atom stereocenters. The van der Waals surface area contributed by atoms with Crippen molar-refractivity contribution in [2.75, 3.05) is 33.2 Å². The van der Waals surface area contributed by atoms with Gasteiger partial charge in [0.15, 0.2) is 0 Å². The summed E-state index contributed by atoms with van der Waals surface area (Å²) in [6.07, 6.45) is 3.28. The molecule has 1 saturated carbocycles. The molecular formula is C26H35N3O2. The zero-order valence-corrected chi connectivity index (χ0v) is 18.7. The Bertz CT molecular complexity index is 821. The summed E-state index contributed by atoms with van der Waals surface area (Å²) >= 11 is 0. The maximum Gasteiger partial charge on any atom is 0.410 e. The molecule has 5 heteroatoms. The number of benzene rings is 2. The minimum Gasteiger partial charge on any atom is -0.446 e. The van der Waals surface area contributed by atoms with Crippen molar-refractivity contribution in [1.82, 2.24) is 15.1 Å². The molecule has 0 aromatic heterocycles. The lowest BCUT2D eigenvalue weighted by atomic mass is 9.91. The highest BCUT2D eigenvalue weighted by atomic mass is 16.6. The van der Waals surface area contributed by atoms with Crippen LogP contribution in [0.2, 0.25) is 0 Å². The molecule has 1 heterocycles. The van der Waals surface area contributed by atoms with Crippen LogP contribution >= 0.6 is 0 Å². The van der Waals surface area contributed by atoms with E-state index in [4.69, 9.17) is 4.74 Å². The molecule has 2 fully saturated rings. The van der Waals surface area contributed by atoms with Gasteiger partial charge in [0, 0.05) is 26.2 Å². The third-order valence-corrected chi connectivity index (χ3v) is 6.93. The Morgan fingerprint density at radius 2 is 1.55 bits per heavy atom. The minimum atomic E-state index is -0.136. The first-order chi connectivity index (χ1) is 15.2. The summed E-state index contributed by atoms with van der Waals surface area (Å²) in [4.78, 5) is 17.1. The van der Waals surface area contributed by atoms with Crippen LogP contribution in [0.25, 0.3) is 0 Å². The molecule has 4 unspecified atom stereocenters. The van der Waals surface area contributed by atoms with Crippen molar-refractivity contribution in [2.24, 2.45) is 5.92 Å². The maximum atomic E-state index is 12.7. The normalized spacial score (nSPS) is 24.0. The molecule has 1 saturated heterocycles. The first-order valence-corrected chi connectivity index (χ1v) is 11.6. The predicted octanol–water partition coefficient (Wildman–Crippen LogP) is 4.63. The number of ether oxygens (including phenoxy) is 1. The van der Waals surface area contributed by atoms with Crippen LogP contribution in [0.4, 0.5) is 4.79 Å². The van der Waals surface area contributed by atoms with Crippen molar-refractivity contribution in [3.8, 4) is 0 Å². The Morgan fingerprint density at radius 3 is 2.10 bits per heavy atom. The molecule has 1 N–H and O–H groups in total. The number of hydrogen-bond acceptors (Lipinski definition) is 4. The second kappa shape index (κ2) is 10.3. The van der Waals surface area contributed by atoms with Crippen molar-refractivity contribution in [1.29, 1.82) is 0 Å². The summed E-state index contributed by atoms with van der Waals surface area (Å²) in [6.45, 7) is 5.26. The third kappa shape index (κ3) is 5.10. The molecule has 0 bridgehead atoms. The number of likely N-dealkylation sites (N-methyl/N-ethyl adjacent to an activating group) is 1. The predicted molar refractivity (Wildman–Crippen MR) is 124 cm³/mol. The third-order valence-electron chi connectivity index (χ3n) is 6.93. The molecule has 0 spiro atoms. The Balaban J connectivity index is 1.47. The number of rotatable bonds is 6. The van der Waals surface area contributed by atoms with Gasteiger partial charge in [-0.15, -0.1) is 0 Å². The number of piperazine rings is 1. The van der Waals surface area contributed by atoms with E-state index in [0.717, 1.165) is 32.4 Å². The van der Waals surface area contributed by atoms with Crippen LogP contribution in [-0.2, 0) is 4.74 Å². The summed E-state index contributed by atoms with van der Waals surface area (Å²) in [7, 11) is 2.03. The molecule has 2 aliphatic rings. The summed E-state index contributed by atoms with van der Waals surface area (Å²) in [5, 5.41) is 3.55. The smallest absolute Gasteiger partial charge is 0.410 e. The van der Waals surface area contributed by atoms with Gasteiger partial charge in [-0.1, -0.05) is 67.6 Å². The van der Waals surface area contributed by atoms with E-state index in [0.29, 0.717) is 19.0 Å². The van der Waals surface area contributed by atoms with Gasteiger partial charge in [-0.05, 0) is 43.4 Å². The van der Waals surface area contributed by atoms with Crippen LogP contribution in [0.5, 0.6) is 0 Å². The van der Waals surface area contributed by atoms with E-state index in [2.05, 4.69) is 77.8 Å². The second-order valence-electron chi connectivity index (χ2n) is 8.89. The second-order valence-corrected chi connectivity index (χ2v) is 8.89. The van der Waals surface area contributed by atoms with E-state index >= 15 is 0 Å². The van der Waals surface area contributed by atoms with Gasteiger partial charge in [0.1, 0.15) is 6.10 Å². The molecule has 1 aliphatic heterocycles. The number of nitrogens with zero attached hydrogens (tertiary/aromatic N) is 2. The molecule has 5 nitrogen and oxygen atoms in total. The van der Waals surface area contributed by atoms with Crippen LogP contribution in [0, 0.1) is 5.92 Å². The van der Waals surface area contributed by atoms with E-state index < -0.39 is 0 Å². The van der Waals surface area contributed by atoms with Crippen LogP contribution in [0.3, 0.4) is 0 Å². The Labute approximate surface area is 186 Å². The van der Waals surface area contributed by atoms with Crippen molar-refractivity contribution in [2.45, 2.75) is 44.4 Å². The van der Waals surface area contributed by atoms with E-state index in [9.17, 15) is 4.79 Å². The summed E-state index contributed by atoms with van der Waals surface area (Å²) in [5.41, 5.74) is 2.57. The summed E-state index contributed by atoms with van der Waals surface area (Å²) in [5.74, 6) is 0.481. The number of carbonyl (C=O) groups excluding carboxylic acids is 1. The molecule has 1 amide bonds. The van der Waals surface area contributed by atoms with Gasteiger partial charge < -0.3 is 15.0 Å². The highest BCUT2D eigenvalue weighted by molar-refractivity contribution is 5.68. The number of amides is 1. The Morgan fingerprint density at radius 1 is 0.935 bits per heavy atom. The Hall–Kier alpha value is -2.37. The molecule has 166 valence electrons. The van der Waals surface area contributed by atoms with Gasteiger partial charge in [0.2, 0.25) is 0 Å². The van der Waals surface area contributed by atoms with Gasteiger partial charge in [0.05, 0.1) is 12.1 Å². The average Bonchev–Trinajstić information content (AvgIpc) is 3.23. The molecule has 1 aliphatic carbocycles. The SMILES string of the molecule is CNC(c1ccccc1)C(c1ccccc1)N1CCN(C(=O)OC2CCCC2C)CC1. The fraction of sp³-hybridized carbons (Fsp3) is 0.500. The van der Waals surface area contributed by atoms with Gasteiger partial charge in [-0.3, -0.25) is 4.90 Å². The van der Waals surface area contributed by atoms with E-state index in [1.807, 2.05) is 11.9 Å². The van der Waals surface area contributed by atoms with Crippen LogP contribution in [0.1, 0.15) is 49.4 Å². The number of hydrogen-bond donors (Lipinski definition) is 1. The molecule has 4 rings (SSSR count).